The van der Waals surface area contributed by atoms with Crippen molar-refractivity contribution in [1.82, 2.24) is 9.88 Å². The molecule has 0 radical (unpaired) electrons. The van der Waals surface area contributed by atoms with Gasteiger partial charge in [-0.1, -0.05) is 0 Å². The summed E-state index contributed by atoms with van der Waals surface area (Å²) in [4.78, 5) is 27.6. The quantitative estimate of drug-likeness (QED) is 0.588. The van der Waals surface area contributed by atoms with Gasteiger partial charge in [0.05, 0.1) is 6.42 Å². The lowest BCUT2D eigenvalue weighted by Crippen LogP contribution is -2.31. The molecule has 1 amide bonds. The van der Waals surface area contributed by atoms with Crippen molar-refractivity contribution in [1.29, 1.82) is 0 Å². The van der Waals surface area contributed by atoms with E-state index in [1.807, 2.05) is 13.8 Å². The second-order valence-electron chi connectivity index (χ2n) is 3.27. The first-order chi connectivity index (χ1) is 7.19. The van der Waals surface area contributed by atoms with E-state index < -0.39 is 0 Å². The Balaban J connectivity index is 2.55. The molecule has 0 unspecified atom stereocenters. The van der Waals surface area contributed by atoms with Crippen LogP contribution in [0.5, 0.6) is 0 Å². The van der Waals surface area contributed by atoms with E-state index in [1.165, 1.54) is 0 Å². The summed E-state index contributed by atoms with van der Waals surface area (Å²) >= 11 is 0. The minimum absolute atomic E-state index is 0.0421. The van der Waals surface area contributed by atoms with E-state index in [-0.39, 0.29) is 18.1 Å². The van der Waals surface area contributed by atoms with Gasteiger partial charge in [0.15, 0.2) is 5.78 Å². The normalized spacial score (nSPS) is 10.0. The van der Waals surface area contributed by atoms with E-state index in [1.54, 1.807) is 23.4 Å². The number of carbonyl (C=O) groups is 2. The predicted molar refractivity (Wildman–Crippen MR) is 57.7 cm³/mol. The standard InChI is InChI=1S/C11H16N2O2/c1-3-13(4-2)11(15)7-10(14)9-5-6-12-8-9/h5-6,8,12H,3-4,7H2,1-2H3. The van der Waals surface area contributed by atoms with Crippen LogP contribution in [0, 0.1) is 0 Å². The highest BCUT2D eigenvalue weighted by Crippen LogP contribution is 2.04. The van der Waals surface area contributed by atoms with E-state index in [9.17, 15) is 9.59 Å². The lowest BCUT2D eigenvalue weighted by molar-refractivity contribution is -0.129. The average molecular weight is 208 g/mol. The first-order valence-corrected chi connectivity index (χ1v) is 5.12. The van der Waals surface area contributed by atoms with E-state index in [2.05, 4.69) is 4.98 Å². The molecule has 0 bridgehead atoms. The Morgan fingerprint density at radius 1 is 1.33 bits per heavy atom. The summed E-state index contributed by atoms with van der Waals surface area (Å²) in [5.74, 6) is -0.237. The van der Waals surface area contributed by atoms with Gasteiger partial charge < -0.3 is 9.88 Å². The van der Waals surface area contributed by atoms with Gasteiger partial charge in [0.2, 0.25) is 5.91 Å². The number of hydrogen-bond donors (Lipinski definition) is 1. The van der Waals surface area contributed by atoms with E-state index >= 15 is 0 Å². The molecule has 1 aromatic heterocycles. The third-order valence-electron chi connectivity index (χ3n) is 2.35. The number of carbonyl (C=O) groups excluding carboxylic acids is 2. The maximum absolute atomic E-state index is 11.6. The van der Waals surface area contributed by atoms with E-state index in [0.29, 0.717) is 18.7 Å². The SMILES string of the molecule is CCN(CC)C(=O)CC(=O)c1cc[nH]c1. The summed E-state index contributed by atoms with van der Waals surface area (Å²) in [6.07, 6.45) is 3.24. The predicted octanol–water partition coefficient (Wildman–Crippen LogP) is 1.46. The second kappa shape index (κ2) is 5.34. The number of amides is 1. The van der Waals surface area contributed by atoms with Gasteiger partial charge in [0, 0.05) is 31.0 Å². The zero-order valence-electron chi connectivity index (χ0n) is 9.12. The maximum atomic E-state index is 11.6. The lowest BCUT2D eigenvalue weighted by atomic mass is 10.1. The molecule has 0 fully saturated rings. The molecule has 4 nitrogen and oxygen atoms in total. The number of nitrogens with zero attached hydrogens (tertiary/aromatic N) is 1. The number of ketones is 1. The first-order valence-electron chi connectivity index (χ1n) is 5.12. The van der Waals surface area contributed by atoms with Crippen LogP contribution in [-0.4, -0.2) is 34.7 Å². The molecule has 0 aliphatic rings. The van der Waals surface area contributed by atoms with Crippen LogP contribution >= 0.6 is 0 Å². The van der Waals surface area contributed by atoms with Gasteiger partial charge in [-0.2, -0.15) is 0 Å². The maximum Gasteiger partial charge on any atom is 0.230 e. The molecule has 1 rings (SSSR count). The van der Waals surface area contributed by atoms with Gasteiger partial charge in [-0.25, -0.2) is 0 Å². The molecular formula is C11H16N2O2. The fourth-order valence-electron chi connectivity index (χ4n) is 1.42. The van der Waals surface area contributed by atoms with Crippen LogP contribution in [0.4, 0.5) is 0 Å². The minimum Gasteiger partial charge on any atom is -0.367 e. The Morgan fingerprint density at radius 2 is 2.00 bits per heavy atom. The molecule has 15 heavy (non-hydrogen) atoms. The Morgan fingerprint density at radius 3 is 2.47 bits per heavy atom. The minimum atomic E-state index is -0.131. The van der Waals surface area contributed by atoms with Gasteiger partial charge in [-0.3, -0.25) is 9.59 Å². The van der Waals surface area contributed by atoms with Crippen molar-refractivity contribution in [2.45, 2.75) is 20.3 Å². The number of Topliss-reactive ketones (excluding diaryl/α,β-unsaturated/α-hetero) is 1. The molecule has 1 heterocycles. The number of aromatic nitrogens is 1. The fourth-order valence-corrected chi connectivity index (χ4v) is 1.42. The number of nitrogens with one attached hydrogen (secondary N) is 1. The van der Waals surface area contributed by atoms with Crippen LogP contribution in [-0.2, 0) is 4.79 Å². The zero-order valence-corrected chi connectivity index (χ0v) is 9.12. The summed E-state index contributed by atoms with van der Waals surface area (Å²) in [7, 11) is 0. The van der Waals surface area contributed by atoms with Crippen molar-refractivity contribution >= 4 is 11.7 Å². The third kappa shape index (κ3) is 2.94. The molecule has 0 saturated carbocycles. The first kappa shape index (κ1) is 11.5. The van der Waals surface area contributed by atoms with Crippen molar-refractivity contribution in [2.75, 3.05) is 13.1 Å². The van der Waals surface area contributed by atoms with Gasteiger partial charge in [-0.15, -0.1) is 0 Å². The molecule has 1 N–H and O–H groups in total. The summed E-state index contributed by atoms with van der Waals surface area (Å²) < 4.78 is 0. The fraction of sp³-hybridized carbons (Fsp3) is 0.455. The number of rotatable bonds is 5. The van der Waals surface area contributed by atoms with Crippen molar-refractivity contribution in [3.05, 3.63) is 24.0 Å². The molecule has 1 aromatic rings. The monoisotopic (exact) mass is 208 g/mol. The molecule has 0 saturated heterocycles. The van der Waals surface area contributed by atoms with Crippen LogP contribution in [0.15, 0.2) is 18.5 Å². The highest BCUT2D eigenvalue weighted by molar-refractivity contribution is 6.07. The number of aromatic amines is 1. The molecule has 4 heteroatoms. The summed E-state index contributed by atoms with van der Waals surface area (Å²) in [6, 6.07) is 1.68. The topological polar surface area (TPSA) is 53.2 Å². The van der Waals surface area contributed by atoms with Crippen LogP contribution in [0.3, 0.4) is 0 Å². The van der Waals surface area contributed by atoms with Gasteiger partial charge in [0.25, 0.3) is 0 Å². The molecule has 82 valence electrons. The highest BCUT2D eigenvalue weighted by Gasteiger charge is 2.15. The Hall–Kier alpha value is -1.58. The van der Waals surface area contributed by atoms with Crippen molar-refractivity contribution in [3.8, 4) is 0 Å². The Kier molecular flexibility index (Phi) is 4.09. The molecule has 0 aliphatic carbocycles. The molecular weight excluding hydrogens is 192 g/mol. The second-order valence-corrected chi connectivity index (χ2v) is 3.27. The average Bonchev–Trinajstić information content (AvgIpc) is 2.72. The number of H-pyrrole nitrogens is 1. The lowest BCUT2D eigenvalue weighted by Gasteiger charge is -2.17. The summed E-state index contributed by atoms with van der Waals surface area (Å²) in [6.45, 7) is 5.11. The zero-order chi connectivity index (χ0) is 11.3. The van der Waals surface area contributed by atoms with Crippen molar-refractivity contribution in [2.24, 2.45) is 0 Å². The van der Waals surface area contributed by atoms with E-state index in [0.717, 1.165) is 0 Å². The van der Waals surface area contributed by atoms with Crippen molar-refractivity contribution in [3.63, 3.8) is 0 Å². The molecule has 0 aromatic carbocycles. The highest BCUT2D eigenvalue weighted by atomic mass is 16.2. The molecule has 0 atom stereocenters. The van der Waals surface area contributed by atoms with Gasteiger partial charge in [-0.05, 0) is 19.9 Å². The largest absolute Gasteiger partial charge is 0.367 e. The number of hydrogen-bond acceptors (Lipinski definition) is 2. The van der Waals surface area contributed by atoms with Gasteiger partial charge >= 0.3 is 0 Å². The van der Waals surface area contributed by atoms with Crippen LogP contribution in [0.25, 0.3) is 0 Å². The van der Waals surface area contributed by atoms with Crippen LogP contribution < -0.4 is 0 Å². The molecule has 0 spiro atoms. The van der Waals surface area contributed by atoms with E-state index in [4.69, 9.17) is 0 Å². The van der Waals surface area contributed by atoms with Crippen LogP contribution in [0.1, 0.15) is 30.6 Å². The van der Waals surface area contributed by atoms with Crippen molar-refractivity contribution < 1.29 is 9.59 Å². The smallest absolute Gasteiger partial charge is 0.230 e. The van der Waals surface area contributed by atoms with Crippen LogP contribution in [0.2, 0.25) is 0 Å². The Bertz CT molecular complexity index is 326. The molecule has 0 aliphatic heterocycles. The third-order valence-corrected chi connectivity index (χ3v) is 2.35. The Labute approximate surface area is 89.3 Å². The summed E-state index contributed by atoms with van der Waals surface area (Å²) in [5, 5.41) is 0. The van der Waals surface area contributed by atoms with Gasteiger partial charge in [0.1, 0.15) is 0 Å². The summed E-state index contributed by atoms with van der Waals surface area (Å²) in [5.41, 5.74) is 0.565.